The zero-order valence-electron chi connectivity index (χ0n) is 9.44. The van der Waals surface area contributed by atoms with Crippen molar-refractivity contribution in [2.75, 3.05) is 0 Å². The molecule has 72 valence electrons. The Labute approximate surface area is 82.0 Å². The topological polar surface area (TPSA) is 0 Å². The summed E-state index contributed by atoms with van der Waals surface area (Å²) >= 11 is 0. The maximum Gasteiger partial charge on any atom is 0.00731 e. The van der Waals surface area contributed by atoms with Crippen LogP contribution in [-0.4, -0.2) is 0 Å². The minimum absolute atomic E-state index is 0.562. The molecular weight excluding hydrogens is 156 g/mol. The van der Waals surface area contributed by atoms with Gasteiger partial charge in [0.2, 0.25) is 0 Å². The standard InChI is InChI=1S/C13H20/c1-7-8(2)13-11(5)9(3)10(4)12(13)6/h7-8,13H,1H2,2-6H3. The Morgan fingerprint density at radius 3 is 1.77 bits per heavy atom. The molecule has 1 aliphatic carbocycles. The van der Waals surface area contributed by atoms with Gasteiger partial charge >= 0.3 is 0 Å². The molecule has 1 rings (SSSR count). The quantitative estimate of drug-likeness (QED) is 0.555. The van der Waals surface area contributed by atoms with Crippen molar-refractivity contribution in [1.82, 2.24) is 0 Å². The monoisotopic (exact) mass is 176 g/mol. The van der Waals surface area contributed by atoms with E-state index in [1.54, 1.807) is 0 Å². The van der Waals surface area contributed by atoms with Crippen LogP contribution < -0.4 is 0 Å². The molecule has 0 amide bonds. The summed E-state index contributed by atoms with van der Waals surface area (Å²) in [6, 6.07) is 0. The predicted molar refractivity (Wildman–Crippen MR) is 59.6 cm³/mol. The number of allylic oxidation sites excluding steroid dienone is 5. The van der Waals surface area contributed by atoms with E-state index in [9.17, 15) is 0 Å². The van der Waals surface area contributed by atoms with Gasteiger partial charge in [-0.1, -0.05) is 24.1 Å². The van der Waals surface area contributed by atoms with Crippen molar-refractivity contribution in [3.8, 4) is 0 Å². The maximum atomic E-state index is 3.88. The molecule has 0 aromatic heterocycles. The van der Waals surface area contributed by atoms with Crippen LogP contribution >= 0.6 is 0 Å². The summed E-state index contributed by atoms with van der Waals surface area (Å²) in [4.78, 5) is 0. The Morgan fingerprint density at radius 2 is 1.46 bits per heavy atom. The molecule has 0 heterocycles. The second kappa shape index (κ2) is 3.53. The van der Waals surface area contributed by atoms with Crippen LogP contribution in [0.4, 0.5) is 0 Å². The van der Waals surface area contributed by atoms with Gasteiger partial charge in [0.05, 0.1) is 0 Å². The van der Waals surface area contributed by atoms with E-state index < -0.39 is 0 Å². The van der Waals surface area contributed by atoms with E-state index >= 15 is 0 Å². The average molecular weight is 176 g/mol. The van der Waals surface area contributed by atoms with Gasteiger partial charge in [-0.25, -0.2) is 0 Å². The van der Waals surface area contributed by atoms with E-state index in [0.29, 0.717) is 11.8 Å². The van der Waals surface area contributed by atoms with Crippen LogP contribution in [0, 0.1) is 11.8 Å². The van der Waals surface area contributed by atoms with Gasteiger partial charge in [-0.3, -0.25) is 0 Å². The molecule has 1 unspecified atom stereocenters. The van der Waals surface area contributed by atoms with Gasteiger partial charge in [0.15, 0.2) is 0 Å². The number of hydrogen-bond donors (Lipinski definition) is 0. The van der Waals surface area contributed by atoms with Crippen molar-refractivity contribution < 1.29 is 0 Å². The van der Waals surface area contributed by atoms with Crippen LogP contribution in [0.1, 0.15) is 34.6 Å². The van der Waals surface area contributed by atoms with Crippen molar-refractivity contribution in [2.45, 2.75) is 34.6 Å². The highest BCUT2D eigenvalue weighted by atomic mass is 14.3. The zero-order chi connectivity index (χ0) is 10.2. The molecule has 0 saturated carbocycles. The fraction of sp³-hybridized carbons (Fsp3) is 0.538. The summed E-state index contributed by atoms with van der Waals surface area (Å²) in [5, 5.41) is 0. The smallest absolute Gasteiger partial charge is 0.00731 e. The first-order valence-corrected chi connectivity index (χ1v) is 4.98. The summed E-state index contributed by atoms with van der Waals surface area (Å²) in [7, 11) is 0. The Balaban J connectivity index is 3.09. The molecule has 13 heavy (non-hydrogen) atoms. The lowest BCUT2D eigenvalue weighted by molar-refractivity contribution is 0.561. The molecule has 0 aromatic carbocycles. The van der Waals surface area contributed by atoms with Crippen molar-refractivity contribution in [2.24, 2.45) is 11.8 Å². The van der Waals surface area contributed by atoms with E-state index in [0.717, 1.165) is 0 Å². The van der Waals surface area contributed by atoms with Crippen molar-refractivity contribution in [1.29, 1.82) is 0 Å². The lowest BCUT2D eigenvalue weighted by Crippen LogP contribution is -2.09. The maximum absolute atomic E-state index is 3.88. The van der Waals surface area contributed by atoms with E-state index in [4.69, 9.17) is 0 Å². The lowest BCUT2D eigenvalue weighted by Gasteiger charge is -2.19. The van der Waals surface area contributed by atoms with Gasteiger partial charge in [0, 0.05) is 5.92 Å². The highest BCUT2D eigenvalue weighted by molar-refractivity contribution is 5.46. The van der Waals surface area contributed by atoms with Gasteiger partial charge in [-0.15, -0.1) is 6.58 Å². The van der Waals surface area contributed by atoms with Crippen molar-refractivity contribution >= 4 is 0 Å². The third-order valence-corrected chi connectivity index (χ3v) is 3.58. The van der Waals surface area contributed by atoms with E-state index in [-0.39, 0.29) is 0 Å². The normalized spacial score (nSPS) is 21.3. The highest BCUT2D eigenvalue weighted by Gasteiger charge is 2.27. The fourth-order valence-electron chi connectivity index (χ4n) is 2.31. The molecule has 0 aliphatic heterocycles. The first kappa shape index (κ1) is 10.3. The molecular formula is C13H20. The summed E-state index contributed by atoms with van der Waals surface area (Å²) in [5.41, 5.74) is 6.03. The van der Waals surface area contributed by atoms with E-state index in [1.165, 1.54) is 22.3 Å². The van der Waals surface area contributed by atoms with E-state index in [2.05, 4.69) is 47.3 Å². The predicted octanol–water partition coefficient (Wildman–Crippen LogP) is 4.11. The SMILES string of the molecule is C=CC(C)C1C(C)=C(C)C(C)=C1C. The Bertz CT molecular complexity index is 265. The summed E-state index contributed by atoms with van der Waals surface area (Å²) < 4.78 is 0. The molecule has 0 N–H and O–H groups in total. The zero-order valence-corrected chi connectivity index (χ0v) is 9.44. The second-order valence-corrected chi connectivity index (χ2v) is 4.19. The largest absolute Gasteiger partial charge is 0.103 e. The minimum Gasteiger partial charge on any atom is -0.103 e. The lowest BCUT2D eigenvalue weighted by atomic mass is 9.85. The molecule has 1 aliphatic rings. The molecule has 0 fully saturated rings. The van der Waals surface area contributed by atoms with Crippen LogP contribution in [0.3, 0.4) is 0 Å². The molecule has 1 atom stereocenters. The molecule has 0 radical (unpaired) electrons. The van der Waals surface area contributed by atoms with E-state index in [1.807, 2.05) is 0 Å². The molecule has 0 heteroatoms. The average Bonchev–Trinajstić information content (AvgIpc) is 2.30. The first-order chi connectivity index (χ1) is 6.00. The Morgan fingerprint density at radius 1 is 1.08 bits per heavy atom. The molecule has 0 spiro atoms. The third kappa shape index (κ3) is 1.50. The second-order valence-electron chi connectivity index (χ2n) is 4.19. The molecule has 0 bridgehead atoms. The van der Waals surface area contributed by atoms with Gasteiger partial charge in [0.25, 0.3) is 0 Å². The summed E-state index contributed by atoms with van der Waals surface area (Å²) in [5.74, 6) is 1.17. The van der Waals surface area contributed by atoms with Crippen LogP contribution in [0.2, 0.25) is 0 Å². The molecule has 0 nitrogen and oxygen atoms in total. The number of rotatable bonds is 2. The third-order valence-electron chi connectivity index (χ3n) is 3.58. The minimum atomic E-state index is 0.562. The molecule has 0 saturated heterocycles. The first-order valence-electron chi connectivity index (χ1n) is 4.98. The van der Waals surface area contributed by atoms with Crippen LogP contribution in [0.5, 0.6) is 0 Å². The van der Waals surface area contributed by atoms with Crippen LogP contribution in [-0.2, 0) is 0 Å². The number of hydrogen-bond acceptors (Lipinski definition) is 0. The van der Waals surface area contributed by atoms with Gasteiger partial charge in [-0.2, -0.15) is 0 Å². The van der Waals surface area contributed by atoms with Crippen LogP contribution in [0.25, 0.3) is 0 Å². The summed E-state index contributed by atoms with van der Waals surface area (Å²) in [6.07, 6.45) is 2.06. The van der Waals surface area contributed by atoms with Gasteiger partial charge in [-0.05, 0) is 44.8 Å². The van der Waals surface area contributed by atoms with Crippen molar-refractivity contribution in [3.05, 3.63) is 34.9 Å². The highest BCUT2D eigenvalue weighted by Crippen LogP contribution is 2.40. The Kier molecular flexibility index (Phi) is 2.80. The summed E-state index contributed by atoms with van der Waals surface area (Å²) in [6.45, 7) is 15.1. The van der Waals surface area contributed by atoms with Gasteiger partial charge in [0.1, 0.15) is 0 Å². The Hall–Kier alpha value is -0.780. The fourth-order valence-corrected chi connectivity index (χ4v) is 2.31. The van der Waals surface area contributed by atoms with Crippen LogP contribution in [0.15, 0.2) is 34.9 Å². The molecule has 0 aromatic rings. The van der Waals surface area contributed by atoms with Crippen molar-refractivity contribution in [3.63, 3.8) is 0 Å². The van der Waals surface area contributed by atoms with Gasteiger partial charge < -0.3 is 0 Å².